The van der Waals surface area contributed by atoms with Crippen LogP contribution >= 0.6 is 11.8 Å². The zero-order chi connectivity index (χ0) is 32.1. The van der Waals surface area contributed by atoms with Gasteiger partial charge in [0, 0.05) is 51.0 Å². The molecule has 4 nitrogen and oxygen atoms in total. The fraction of sp³-hybridized carbons (Fsp3) is 0.143. The Balaban J connectivity index is 1.22. The molecule has 8 rings (SSSR count). The average Bonchev–Trinajstić information content (AvgIpc) is 3.65. The number of fused-ring (bicyclic) bond motifs is 4. The lowest BCUT2D eigenvalue weighted by atomic mass is 9.93. The van der Waals surface area contributed by atoms with Crippen molar-refractivity contribution in [3.05, 3.63) is 145 Å². The molecule has 0 aliphatic carbocycles. The second-order valence-corrected chi connectivity index (χ2v) is 13.9. The Labute approximate surface area is 280 Å². The maximum absolute atomic E-state index is 4.93. The van der Waals surface area contributed by atoms with Gasteiger partial charge in [0.2, 0.25) is 0 Å². The molecule has 0 bridgehead atoms. The Morgan fingerprint density at radius 1 is 0.617 bits per heavy atom. The SMILES string of the molecule is CC(C)c1ccccc1-c1ccnc(-n2c3ccccc3c3ccc(Sc4cccc(-n5[cH+]n(C(C)C)c6ccccc65)c4)cc32)c1. The molecule has 0 saturated carbocycles. The van der Waals surface area contributed by atoms with E-state index in [1.165, 1.54) is 48.3 Å². The predicted molar refractivity (Wildman–Crippen MR) is 198 cm³/mol. The molecule has 3 aromatic heterocycles. The number of para-hydroxylation sites is 3. The van der Waals surface area contributed by atoms with Crippen LogP contribution in [0.5, 0.6) is 0 Å². The van der Waals surface area contributed by atoms with Crippen molar-refractivity contribution in [2.45, 2.75) is 49.4 Å². The second kappa shape index (κ2) is 11.9. The summed E-state index contributed by atoms with van der Waals surface area (Å²) in [5.41, 5.74) is 9.71. The van der Waals surface area contributed by atoms with Gasteiger partial charge < -0.3 is 0 Å². The van der Waals surface area contributed by atoms with Gasteiger partial charge in [-0.05, 0) is 91.1 Å². The molecule has 230 valence electrons. The van der Waals surface area contributed by atoms with Gasteiger partial charge in [-0.25, -0.2) is 9.55 Å². The Morgan fingerprint density at radius 2 is 1.34 bits per heavy atom. The number of rotatable bonds is 7. The van der Waals surface area contributed by atoms with Crippen LogP contribution < -0.4 is 0 Å². The summed E-state index contributed by atoms with van der Waals surface area (Å²) in [7, 11) is 0. The van der Waals surface area contributed by atoms with Gasteiger partial charge in [-0.15, -0.1) is 0 Å². The Hall–Kier alpha value is -5.13. The quantitative estimate of drug-likeness (QED) is 0.164. The first kappa shape index (κ1) is 29.3. The highest BCUT2D eigenvalue weighted by Gasteiger charge is 2.19. The van der Waals surface area contributed by atoms with Crippen LogP contribution in [0.15, 0.2) is 150 Å². The number of hydrogen-bond acceptors (Lipinski definition) is 2. The molecule has 0 unspecified atom stereocenters. The minimum atomic E-state index is 0.373. The van der Waals surface area contributed by atoms with Gasteiger partial charge in [0.25, 0.3) is 0 Å². The van der Waals surface area contributed by atoms with Gasteiger partial charge in [-0.1, -0.05) is 74.1 Å². The van der Waals surface area contributed by atoms with Gasteiger partial charge >= 0.3 is 0 Å². The van der Waals surface area contributed by atoms with Crippen LogP contribution in [0.25, 0.3) is 55.5 Å². The third-order valence-corrected chi connectivity index (χ3v) is 10.0. The normalized spacial score (nSPS) is 11.9. The van der Waals surface area contributed by atoms with Crippen LogP contribution in [-0.2, 0) is 0 Å². The van der Waals surface area contributed by atoms with E-state index in [1.54, 1.807) is 11.8 Å². The third kappa shape index (κ3) is 5.21. The predicted octanol–water partition coefficient (Wildman–Crippen LogP) is 11.7. The van der Waals surface area contributed by atoms with Crippen molar-refractivity contribution < 1.29 is 0 Å². The number of pyridine rings is 1. The lowest BCUT2D eigenvalue weighted by molar-refractivity contribution is 0.612. The first-order valence-corrected chi connectivity index (χ1v) is 17.2. The molecule has 0 aliphatic heterocycles. The molecule has 0 N–H and O–H groups in total. The summed E-state index contributed by atoms with van der Waals surface area (Å²) >= 11 is 1.79. The number of benzene rings is 5. The van der Waals surface area contributed by atoms with Gasteiger partial charge in [-0.3, -0.25) is 4.57 Å². The summed E-state index contributed by atoms with van der Waals surface area (Å²) in [5.74, 6) is 1.36. The largest absolute Gasteiger partial charge is 0.294 e. The van der Waals surface area contributed by atoms with Crippen LogP contribution in [-0.4, -0.2) is 18.7 Å². The molecule has 0 fully saturated rings. The molecule has 5 heteroatoms. The van der Waals surface area contributed by atoms with Crippen molar-refractivity contribution in [2.75, 3.05) is 0 Å². The van der Waals surface area contributed by atoms with Gasteiger partial charge in [0.05, 0.1) is 17.1 Å². The number of hydrogen-bond donors (Lipinski definition) is 0. The standard InChI is InChI=1S/C42H37N4S/c1-28(2)34-14-5-6-15-35(34)30-22-23-43-42(24-30)46-38-17-8-7-16-36(38)37-21-20-33(26-41(37)46)47-32-13-11-12-31(25-32)45-27-44(29(3)4)39-18-9-10-19-40(39)45/h5-29H,1-4H3/q+1. The fourth-order valence-electron chi connectivity index (χ4n) is 6.82. The van der Waals surface area contributed by atoms with Crippen molar-refractivity contribution in [3.8, 4) is 22.6 Å². The summed E-state index contributed by atoms with van der Waals surface area (Å²) in [6, 6.07) is 46.4. The smallest absolute Gasteiger partial charge is 0.191 e. The third-order valence-electron chi connectivity index (χ3n) is 9.06. The maximum Gasteiger partial charge on any atom is 0.191 e. The summed E-state index contributed by atoms with van der Waals surface area (Å²) in [5, 5.41) is 2.46. The highest BCUT2D eigenvalue weighted by Crippen LogP contribution is 2.38. The van der Waals surface area contributed by atoms with Gasteiger partial charge in [-0.2, -0.15) is 4.57 Å². The van der Waals surface area contributed by atoms with Crippen molar-refractivity contribution in [1.29, 1.82) is 0 Å². The molecule has 0 atom stereocenters. The fourth-order valence-corrected chi connectivity index (χ4v) is 7.72. The van der Waals surface area contributed by atoms with Crippen molar-refractivity contribution in [2.24, 2.45) is 0 Å². The lowest BCUT2D eigenvalue weighted by Crippen LogP contribution is -1.99. The molecule has 0 aliphatic rings. The molecule has 0 radical (unpaired) electrons. The van der Waals surface area contributed by atoms with Crippen LogP contribution in [0.1, 0.15) is 45.2 Å². The Kier molecular flexibility index (Phi) is 7.42. The van der Waals surface area contributed by atoms with E-state index in [2.05, 4.69) is 175 Å². The minimum absolute atomic E-state index is 0.373. The number of imidazole rings is 1. The molecule has 0 saturated heterocycles. The molecule has 3 heterocycles. The van der Waals surface area contributed by atoms with E-state index in [-0.39, 0.29) is 0 Å². The first-order valence-electron chi connectivity index (χ1n) is 16.3. The maximum atomic E-state index is 4.93. The zero-order valence-electron chi connectivity index (χ0n) is 27.1. The van der Waals surface area contributed by atoms with E-state index in [4.69, 9.17) is 4.98 Å². The summed E-state index contributed by atoms with van der Waals surface area (Å²) in [4.78, 5) is 7.32. The van der Waals surface area contributed by atoms with Crippen molar-refractivity contribution in [3.63, 3.8) is 0 Å². The number of nitrogens with zero attached hydrogens (tertiary/aromatic N) is 4. The molecular weight excluding hydrogens is 593 g/mol. The van der Waals surface area contributed by atoms with E-state index < -0.39 is 0 Å². The zero-order valence-corrected chi connectivity index (χ0v) is 27.9. The Morgan fingerprint density at radius 3 is 2.17 bits per heavy atom. The monoisotopic (exact) mass is 629 g/mol. The molecule has 5 aromatic carbocycles. The van der Waals surface area contributed by atoms with Crippen LogP contribution in [0.3, 0.4) is 0 Å². The summed E-state index contributed by atoms with van der Waals surface area (Å²) in [6.07, 6.45) is 4.17. The molecule has 0 amide bonds. The van der Waals surface area contributed by atoms with E-state index in [9.17, 15) is 0 Å². The Bertz CT molecular complexity index is 2410. The van der Waals surface area contributed by atoms with Crippen LogP contribution in [0, 0.1) is 0 Å². The molecule has 47 heavy (non-hydrogen) atoms. The van der Waals surface area contributed by atoms with E-state index >= 15 is 0 Å². The van der Waals surface area contributed by atoms with Gasteiger partial charge in [0.1, 0.15) is 11.5 Å². The summed E-state index contributed by atoms with van der Waals surface area (Å²) < 4.78 is 6.96. The first-order chi connectivity index (χ1) is 23.0. The number of aromatic nitrogens is 4. The van der Waals surface area contributed by atoms with E-state index in [0.29, 0.717) is 12.0 Å². The molecule has 8 aromatic rings. The van der Waals surface area contributed by atoms with E-state index in [0.717, 1.165) is 22.5 Å². The van der Waals surface area contributed by atoms with Gasteiger partial charge in [0.15, 0.2) is 17.4 Å². The van der Waals surface area contributed by atoms with E-state index in [1.807, 2.05) is 6.20 Å². The molecular formula is C42H37N4S+. The second-order valence-electron chi connectivity index (χ2n) is 12.8. The van der Waals surface area contributed by atoms with Crippen LogP contribution in [0.4, 0.5) is 0 Å². The molecule has 0 spiro atoms. The van der Waals surface area contributed by atoms with Crippen molar-refractivity contribution >= 4 is 44.6 Å². The average molecular weight is 630 g/mol. The van der Waals surface area contributed by atoms with Crippen LogP contribution in [0.2, 0.25) is 0 Å². The summed E-state index contributed by atoms with van der Waals surface area (Å²) in [6.45, 7) is 8.97. The van der Waals surface area contributed by atoms with Crippen molar-refractivity contribution in [1.82, 2.24) is 18.7 Å². The highest BCUT2D eigenvalue weighted by atomic mass is 32.2. The minimum Gasteiger partial charge on any atom is -0.294 e. The lowest BCUT2D eigenvalue weighted by Gasteiger charge is -2.14. The topological polar surface area (TPSA) is 27.7 Å². The highest BCUT2D eigenvalue weighted by molar-refractivity contribution is 7.99.